The molecule has 39 heavy (non-hydrogen) atoms. The summed E-state index contributed by atoms with van der Waals surface area (Å²) >= 11 is 7.85. The van der Waals surface area contributed by atoms with Crippen LogP contribution in [-0.2, 0) is 10.0 Å². The third kappa shape index (κ3) is 6.22. The van der Waals surface area contributed by atoms with E-state index in [2.05, 4.69) is 49.3 Å². The van der Waals surface area contributed by atoms with Gasteiger partial charge in [0.1, 0.15) is 0 Å². The summed E-state index contributed by atoms with van der Waals surface area (Å²) in [6.45, 7) is 9.04. The highest BCUT2D eigenvalue weighted by atomic mass is 35.5. The van der Waals surface area contributed by atoms with E-state index < -0.39 is 14.8 Å². The molecule has 1 fully saturated rings. The van der Waals surface area contributed by atoms with Gasteiger partial charge in [-0.25, -0.2) is 13.4 Å². The number of anilines is 6. The molecule has 1 aliphatic rings. The Morgan fingerprint density at radius 3 is 2.31 bits per heavy atom. The van der Waals surface area contributed by atoms with Crippen molar-refractivity contribution in [2.75, 3.05) is 53.5 Å². The highest BCUT2D eigenvalue weighted by Crippen LogP contribution is 2.34. The van der Waals surface area contributed by atoms with E-state index in [1.54, 1.807) is 39.0 Å². The highest BCUT2D eigenvalue weighted by Gasteiger charge is 2.29. The molecule has 0 aliphatic carbocycles. The molecule has 0 atom stereocenters. The number of nitrogens with zero attached hydrogens (tertiary/aromatic N) is 4. The zero-order valence-electron chi connectivity index (χ0n) is 22.3. The minimum Gasteiger partial charge on any atom is -0.369 e. The summed E-state index contributed by atoms with van der Waals surface area (Å²) in [4.78, 5) is 14.1. The monoisotopic (exact) mass is 585 g/mol. The van der Waals surface area contributed by atoms with Crippen molar-refractivity contribution in [1.82, 2.24) is 14.9 Å². The first kappa shape index (κ1) is 27.4. The smallest absolute Gasteiger partial charge is 0.237 e. The van der Waals surface area contributed by atoms with Crippen molar-refractivity contribution in [2.45, 2.75) is 25.5 Å². The molecule has 0 bridgehead atoms. The molecule has 1 saturated heterocycles. The van der Waals surface area contributed by atoms with Crippen LogP contribution in [0.15, 0.2) is 53.9 Å². The minimum atomic E-state index is -3.64. The lowest BCUT2D eigenvalue weighted by atomic mass is 10.2. The van der Waals surface area contributed by atoms with Gasteiger partial charge in [0.15, 0.2) is 5.82 Å². The van der Waals surface area contributed by atoms with Crippen LogP contribution in [0.5, 0.6) is 0 Å². The highest BCUT2D eigenvalue weighted by molar-refractivity contribution is 7.94. The first-order valence-corrected chi connectivity index (χ1v) is 15.4. The number of likely N-dealkylation sites (N-methyl/N-ethyl adjacent to an activating group) is 1. The van der Waals surface area contributed by atoms with Crippen molar-refractivity contribution in [1.29, 1.82) is 0 Å². The number of fused-ring (bicyclic) bond motifs is 1. The quantitative estimate of drug-likeness (QED) is 0.238. The zero-order chi connectivity index (χ0) is 27.8. The second-order valence-electron chi connectivity index (χ2n) is 10.5. The lowest BCUT2D eigenvalue weighted by Gasteiger charge is -2.34. The lowest BCUT2D eigenvalue weighted by Crippen LogP contribution is -2.44. The van der Waals surface area contributed by atoms with Crippen molar-refractivity contribution < 1.29 is 8.42 Å². The van der Waals surface area contributed by atoms with E-state index in [4.69, 9.17) is 16.6 Å². The van der Waals surface area contributed by atoms with Crippen molar-refractivity contribution >= 4 is 77.7 Å². The van der Waals surface area contributed by atoms with Gasteiger partial charge >= 0.3 is 0 Å². The normalized spacial score (nSPS) is 14.9. The molecule has 0 amide bonds. The summed E-state index contributed by atoms with van der Waals surface area (Å²) in [5.74, 6) is 1.07. The molecule has 0 radical (unpaired) electrons. The van der Waals surface area contributed by atoms with Gasteiger partial charge in [0, 0.05) is 43.2 Å². The molecule has 4 aromatic rings. The summed E-state index contributed by atoms with van der Waals surface area (Å²) in [6.07, 6.45) is 0. The van der Waals surface area contributed by atoms with Gasteiger partial charge in [-0.1, -0.05) is 11.6 Å². The van der Waals surface area contributed by atoms with Crippen LogP contribution in [0.4, 0.5) is 34.5 Å². The second-order valence-corrected chi connectivity index (χ2v) is 14.3. The maximum Gasteiger partial charge on any atom is 0.237 e. The number of piperazine rings is 1. The number of sulfonamides is 1. The van der Waals surface area contributed by atoms with Gasteiger partial charge in [-0.05, 0) is 81.7 Å². The van der Waals surface area contributed by atoms with Gasteiger partial charge in [-0.3, -0.25) is 4.72 Å². The summed E-state index contributed by atoms with van der Waals surface area (Å²) in [5, 5.41) is 8.91. The molecule has 206 valence electrons. The molecular formula is C27H32ClN7O2S2. The van der Waals surface area contributed by atoms with Gasteiger partial charge in [0.2, 0.25) is 16.0 Å². The van der Waals surface area contributed by atoms with Crippen LogP contribution < -0.4 is 20.3 Å². The molecule has 0 unspecified atom stereocenters. The topological polar surface area (TPSA) is 102 Å². The Labute approximate surface area is 238 Å². The molecule has 2 aromatic carbocycles. The van der Waals surface area contributed by atoms with Crippen molar-refractivity contribution in [2.24, 2.45) is 0 Å². The van der Waals surface area contributed by atoms with E-state index in [9.17, 15) is 8.42 Å². The predicted octanol–water partition coefficient (Wildman–Crippen LogP) is 6.12. The number of hydrogen-bond donors (Lipinski definition) is 3. The van der Waals surface area contributed by atoms with Gasteiger partial charge in [0.25, 0.3) is 0 Å². The Bertz CT molecular complexity index is 1580. The van der Waals surface area contributed by atoms with Crippen LogP contribution >= 0.6 is 22.9 Å². The van der Waals surface area contributed by atoms with E-state index in [1.165, 1.54) is 17.0 Å². The molecule has 0 saturated carbocycles. The molecule has 0 spiro atoms. The van der Waals surface area contributed by atoms with E-state index in [0.717, 1.165) is 42.1 Å². The predicted molar refractivity (Wildman–Crippen MR) is 164 cm³/mol. The van der Waals surface area contributed by atoms with Crippen LogP contribution in [0.25, 0.3) is 10.2 Å². The van der Waals surface area contributed by atoms with Crippen molar-refractivity contribution in [3.8, 4) is 0 Å². The van der Waals surface area contributed by atoms with Crippen LogP contribution in [0.3, 0.4) is 0 Å². The zero-order valence-corrected chi connectivity index (χ0v) is 24.7. The van der Waals surface area contributed by atoms with Crippen LogP contribution in [0.2, 0.25) is 5.02 Å². The third-order valence-corrected chi connectivity index (χ3v) is 9.92. The van der Waals surface area contributed by atoms with E-state index in [-0.39, 0.29) is 0 Å². The lowest BCUT2D eigenvalue weighted by molar-refractivity contribution is 0.313. The molecule has 3 heterocycles. The van der Waals surface area contributed by atoms with Crippen molar-refractivity contribution in [3.63, 3.8) is 0 Å². The molecule has 2 aromatic heterocycles. The number of benzene rings is 2. The maximum atomic E-state index is 12.7. The number of hydrogen-bond acceptors (Lipinski definition) is 9. The fourth-order valence-electron chi connectivity index (χ4n) is 4.07. The Morgan fingerprint density at radius 1 is 0.923 bits per heavy atom. The molecular weight excluding hydrogens is 554 g/mol. The second kappa shape index (κ2) is 10.8. The fraction of sp³-hybridized carbons (Fsp3) is 0.333. The average molecular weight is 586 g/mol. The molecule has 9 nitrogen and oxygen atoms in total. The average Bonchev–Trinajstić information content (AvgIpc) is 3.35. The minimum absolute atomic E-state index is 0.298. The summed E-state index contributed by atoms with van der Waals surface area (Å²) in [6, 6.07) is 15.3. The van der Waals surface area contributed by atoms with Gasteiger partial charge < -0.3 is 20.4 Å². The van der Waals surface area contributed by atoms with Gasteiger partial charge in [-0.2, -0.15) is 4.98 Å². The standard InChI is InChI=1S/C27H32ClN7O2S2/c1-27(2,3)39(36,37)33-23-17-19(7-10-21(23)28)29-25-24-22(11-16-38-24)31-26(32-25)30-18-5-8-20(9-6-18)35-14-12-34(4)13-15-35/h5-11,16-17,33H,12-15H2,1-4H3,(H2,29,30,31,32). The van der Waals surface area contributed by atoms with Crippen LogP contribution in [0.1, 0.15) is 20.8 Å². The fourth-order valence-corrected chi connectivity index (χ4v) is 5.83. The van der Waals surface area contributed by atoms with Gasteiger partial charge in [0.05, 0.1) is 25.7 Å². The Balaban J connectivity index is 1.37. The Kier molecular flexibility index (Phi) is 7.60. The summed E-state index contributed by atoms with van der Waals surface area (Å²) in [7, 11) is -1.49. The Morgan fingerprint density at radius 2 is 1.62 bits per heavy atom. The molecule has 3 N–H and O–H groups in total. The first-order chi connectivity index (χ1) is 18.5. The maximum absolute atomic E-state index is 12.7. The van der Waals surface area contributed by atoms with E-state index >= 15 is 0 Å². The first-order valence-electron chi connectivity index (χ1n) is 12.6. The van der Waals surface area contributed by atoms with Crippen LogP contribution in [0, 0.1) is 0 Å². The number of nitrogens with one attached hydrogen (secondary N) is 3. The SMILES string of the molecule is CN1CCN(c2ccc(Nc3nc(Nc4ccc(Cl)c(NS(=O)(=O)C(C)(C)C)c4)c4sccc4n3)cc2)CC1. The Hall–Kier alpha value is -3.12. The number of rotatable bonds is 7. The summed E-state index contributed by atoms with van der Waals surface area (Å²) in [5.41, 5.74) is 3.83. The third-order valence-electron chi connectivity index (χ3n) is 6.58. The number of halogens is 1. The van der Waals surface area contributed by atoms with E-state index in [1.807, 2.05) is 23.6 Å². The molecule has 12 heteroatoms. The van der Waals surface area contributed by atoms with Crippen molar-refractivity contribution in [3.05, 3.63) is 58.9 Å². The van der Waals surface area contributed by atoms with Crippen LogP contribution in [-0.4, -0.2) is 61.3 Å². The largest absolute Gasteiger partial charge is 0.369 e. The number of thiophene rings is 1. The van der Waals surface area contributed by atoms with Gasteiger partial charge in [-0.15, -0.1) is 11.3 Å². The number of aromatic nitrogens is 2. The summed E-state index contributed by atoms with van der Waals surface area (Å²) < 4.78 is 27.9. The van der Waals surface area contributed by atoms with E-state index in [0.29, 0.717) is 28.2 Å². The molecule has 1 aliphatic heterocycles. The molecule has 5 rings (SSSR count).